The minimum absolute atomic E-state index is 0.223. The third-order valence-corrected chi connectivity index (χ3v) is 3.79. The molecule has 2 aromatic heterocycles. The molecular weight excluding hydrogens is 274 g/mol. The minimum atomic E-state index is 0.223. The zero-order valence-electron chi connectivity index (χ0n) is 10.5. The monoisotopic (exact) mass is 285 g/mol. The second-order valence-electron chi connectivity index (χ2n) is 4.98. The summed E-state index contributed by atoms with van der Waals surface area (Å²) in [5, 5.41) is 11.3. The fraction of sp³-hybridized carbons (Fsp3) is 0.214. The fourth-order valence-electron chi connectivity index (χ4n) is 2.52. The molecule has 0 radical (unpaired) electrons. The molecule has 1 aliphatic carbocycles. The smallest absolute Gasteiger partial charge is 0.226 e. The van der Waals surface area contributed by atoms with Crippen LogP contribution in [0.4, 0.5) is 5.82 Å². The predicted octanol–water partition coefficient (Wildman–Crippen LogP) is 2.97. The average molecular weight is 286 g/mol. The molecule has 1 saturated carbocycles. The average Bonchev–Trinajstić information content (AvgIpc) is 3.06. The number of halogens is 1. The van der Waals surface area contributed by atoms with Gasteiger partial charge in [0.15, 0.2) is 5.65 Å². The molecule has 2 atom stereocenters. The van der Waals surface area contributed by atoms with E-state index >= 15 is 0 Å². The van der Waals surface area contributed by atoms with Gasteiger partial charge in [0.05, 0.1) is 11.6 Å². The topological polar surface area (TPSA) is 66.5 Å². The SMILES string of the molecule is Clc1nc(NC2CC2c2ccccc2)c2cn[nH]c2n1. The maximum atomic E-state index is 5.93. The van der Waals surface area contributed by atoms with E-state index in [0.29, 0.717) is 17.6 Å². The normalized spacial score (nSPS) is 21.1. The lowest BCUT2D eigenvalue weighted by atomic mass is 10.1. The highest BCUT2D eigenvalue weighted by Gasteiger charge is 2.38. The molecule has 0 saturated heterocycles. The van der Waals surface area contributed by atoms with Gasteiger partial charge in [-0.25, -0.2) is 0 Å². The summed E-state index contributed by atoms with van der Waals surface area (Å²) in [6.07, 6.45) is 2.82. The van der Waals surface area contributed by atoms with E-state index in [1.807, 2.05) is 6.07 Å². The van der Waals surface area contributed by atoms with Crippen LogP contribution < -0.4 is 5.32 Å². The Balaban J connectivity index is 1.59. The molecule has 2 heterocycles. The van der Waals surface area contributed by atoms with Crippen LogP contribution in [0.1, 0.15) is 17.9 Å². The van der Waals surface area contributed by atoms with Crippen LogP contribution in [-0.2, 0) is 0 Å². The third kappa shape index (κ3) is 2.00. The van der Waals surface area contributed by atoms with E-state index in [2.05, 4.69) is 49.7 Å². The third-order valence-electron chi connectivity index (χ3n) is 3.62. The Morgan fingerprint density at radius 2 is 2.05 bits per heavy atom. The van der Waals surface area contributed by atoms with Crippen LogP contribution in [0.2, 0.25) is 5.28 Å². The molecule has 2 N–H and O–H groups in total. The van der Waals surface area contributed by atoms with Gasteiger partial charge in [-0.3, -0.25) is 5.10 Å². The van der Waals surface area contributed by atoms with Crippen molar-refractivity contribution >= 4 is 28.5 Å². The van der Waals surface area contributed by atoms with E-state index in [1.54, 1.807) is 6.20 Å². The summed E-state index contributed by atoms with van der Waals surface area (Å²) in [6, 6.07) is 10.9. The molecule has 0 amide bonds. The highest BCUT2D eigenvalue weighted by atomic mass is 35.5. The molecule has 5 nitrogen and oxygen atoms in total. The number of rotatable bonds is 3. The molecule has 4 rings (SSSR count). The fourth-order valence-corrected chi connectivity index (χ4v) is 2.69. The van der Waals surface area contributed by atoms with Crippen LogP contribution in [0, 0.1) is 0 Å². The van der Waals surface area contributed by atoms with Crippen molar-refractivity contribution in [3.8, 4) is 0 Å². The van der Waals surface area contributed by atoms with Crippen molar-refractivity contribution in [2.24, 2.45) is 0 Å². The zero-order valence-corrected chi connectivity index (χ0v) is 11.3. The van der Waals surface area contributed by atoms with Crippen molar-refractivity contribution in [3.05, 3.63) is 47.4 Å². The number of anilines is 1. The van der Waals surface area contributed by atoms with Gasteiger partial charge in [0.25, 0.3) is 0 Å². The quantitative estimate of drug-likeness (QED) is 0.726. The molecule has 3 aromatic rings. The molecule has 0 bridgehead atoms. The van der Waals surface area contributed by atoms with E-state index in [-0.39, 0.29) is 5.28 Å². The van der Waals surface area contributed by atoms with E-state index in [9.17, 15) is 0 Å². The molecule has 100 valence electrons. The predicted molar refractivity (Wildman–Crippen MR) is 77.9 cm³/mol. The van der Waals surface area contributed by atoms with Gasteiger partial charge in [0, 0.05) is 12.0 Å². The van der Waals surface area contributed by atoms with Gasteiger partial charge in [0.2, 0.25) is 5.28 Å². The zero-order chi connectivity index (χ0) is 13.5. The molecular formula is C14H12ClN5. The molecule has 1 aliphatic rings. The first-order valence-corrected chi connectivity index (χ1v) is 6.87. The lowest BCUT2D eigenvalue weighted by Crippen LogP contribution is -2.06. The highest BCUT2D eigenvalue weighted by Crippen LogP contribution is 2.43. The van der Waals surface area contributed by atoms with Crippen LogP contribution in [-0.4, -0.2) is 26.2 Å². The van der Waals surface area contributed by atoms with Gasteiger partial charge in [-0.05, 0) is 23.6 Å². The number of H-pyrrole nitrogens is 1. The van der Waals surface area contributed by atoms with Gasteiger partial charge >= 0.3 is 0 Å². The largest absolute Gasteiger partial charge is 0.366 e. The molecule has 2 unspecified atom stereocenters. The van der Waals surface area contributed by atoms with Crippen molar-refractivity contribution < 1.29 is 0 Å². The summed E-state index contributed by atoms with van der Waals surface area (Å²) < 4.78 is 0. The summed E-state index contributed by atoms with van der Waals surface area (Å²) >= 11 is 5.93. The number of nitrogens with zero attached hydrogens (tertiary/aromatic N) is 3. The standard InChI is InChI=1S/C14H12ClN5/c15-14-18-12(10-7-16-20-13(10)19-14)17-11-6-9(11)8-4-2-1-3-5-8/h1-5,7,9,11H,6H2,(H2,16,17,18,19,20). The van der Waals surface area contributed by atoms with Crippen molar-refractivity contribution in [3.63, 3.8) is 0 Å². The van der Waals surface area contributed by atoms with E-state index < -0.39 is 0 Å². The van der Waals surface area contributed by atoms with Crippen molar-refractivity contribution in [2.45, 2.75) is 18.4 Å². The van der Waals surface area contributed by atoms with E-state index in [1.165, 1.54) is 5.56 Å². The number of benzene rings is 1. The Hall–Kier alpha value is -2.14. The lowest BCUT2D eigenvalue weighted by molar-refractivity contribution is 1.03. The van der Waals surface area contributed by atoms with Gasteiger partial charge in [0.1, 0.15) is 5.82 Å². The van der Waals surface area contributed by atoms with Crippen molar-refractivity contribution in [2.75, 3.05) is 5.32 Å². The highest BCUT2D eigenvalue weighted by molar-refractivity contribution is 6.28. The van der Waals surface area contributed by atoms with Gasteiger partial charge < -0.3 is 5.32 Å². The van der Waals surface area contributed by atoms with Gasteiger partial charge in [-0.15, -0.1) is 0 Å². The van der Waals surface area contributed by atoms with Gasteiger partial charge in [-0.2, -0.15) is 15.1 Å². The van der Waals surface area contributed by atoms with E-state index in [0.717, 1.165) is 17.6 Å². The lowest BCUT2D eigenvalue weighted by Gasteiger charge is -2.06. The molecule has 6 heteroatoms. The van der Waals surface area contributed by atoms with Crippen molar-refractivity contribution in [1.29, 1.82) is 0 Å². The van der Waals surface area contributed by atoms with Crippen LogP contribution in [0.5, 0.6) is 0 Å². The molecule has 1 fully saturated rings. The molecule has 1 aromatic carbocycles. The van der Waals surface area contributed by atoms with Crippen LogP contribution in [0.25, 0.3) is 11.0 Å². The number of hydrogen-bond acceptors (Lipinski definition) is 4. The number of nitrogens with one attached hydrogen (secondary N) is 2. The maximum Gasteiger partial charge on any atom is 0.226 e. The summed E-state index contributed by atoms with van der Waals surface area (Å²) in [4.78, 5) is 8.36. The first kappa shape index (κ1) is 11.7. The summed E-state index contributed by atoms with van der Waals surface area (Å²) in [5.74, 6) is 1.28. The second kappa shape index (κ2) is 4.45. The molecule has 0 aliphatic heterocycles. The number of hydrogen-bond donors (Lipinski definition) is 2. The molecule has 20 heavy (non-hydrogen) atoms. The Morgan fingerprint density at radius 1 is 1.20 bits per heavy atom. The van der Waals surface area contributed by atoms with Gasteiger partial charge in [-0.1, -0.05) is 30.3 Å². The summed E-state index contributed by atoms with van der Waals surface area (Å²) in [6.45, 7) is 0. The molecule has 0 spiro atoms. The minimum Gasteiger partial charge on any atom is -0.366 e. The Kier molecular flexibility index (Phi) is 2.60. The number of fused-ring (bicyclic) bond motifs is 1. The Labute approximate surface area is 120 Å². The summed E-state index contributed by atoms with van der Waals surface area (Å²) in [5.41, 5.74) is 2.01. The maximum absolute atomic E-state index is 5.93. The summed E-state index contributed by atoms with van der Waals surface area (Å²) in [7, 11) is 0. The van der Waals surface area contributed by atoms with Crippen LogP contribution >= 0.6 is 11.6 Å². The Morgan fingerprint density at radius 3 is 2.90 bits per heavy atom. The number of aromatic nitrogens is 4. The number of aromatic amines is 1. The van der Waals surface area contributed by atoms with E-state index in [4.69, 9.17) is 11.6 Å². The first-order valence-electron chi connectivity index (χ1n) is 6.49. The van der Waals surface area contributed by atoms with Crippen LogP contribution in [0.3, 0.4) is 0 Å². The Bertz CT molecular complexity index is 755. The van der Waals surface area contributed by atoms with Crippen LogP contribution in [0.15, 0.2) is 36.5 Å². The first-order chi connectivity index (χ1) is 9.81. The van der Waals surface area contributed by atoms with Crippen molar-refractivity contribution in [1.82, 2.24) is 20.2 Å². The second-order valence-corrected chi connectivity index (χ2v) is 5.32.